The summed E-state index contributed by atoms with van der Waals surface area (Å²) < 4.78 is 0. The zero-order valence-electron chi connectivity index (χ0n) is 10.9. The van der Waals surface area contributed by atoms with Gasteiger partial charge >= 0.3 is 0 Å². The van der Waals surface area contributed by atoms with Crippen LogP contribution in [0.3, 0.4) is 0 Å². The number of hydrogen-bond donors (Lipinski definition) is 1. The lowest BCUT2D eigenvalue weighted by Gasteiger charge is -2.30. The summed E-state index contributed by atoms with van der Waals surface area (Å²) in [5, 5.41) is 3.74. The van der Waals surface area contributed by atoms with Gasteiger partial charge in [-0.15, -0.1) is 0 Å². The van der Waals surface area contributed by atoms with E-state index in [1.807, 2.05) is 0 Å². The molecule has 0 bridgehead atoms. The molecule has 17 heavy (non-hydrogen) atoms. The van der Waals surface area contributed by atoms with Gasteiger partial charge in [-0.1, -0.05) is 44.2 Å². The molecular weight excluding hydrogens is 226 g/mol. The second kappa shape index (κ2) is 5.92. The highest BCUT2D eigenvalue weighted by atomic mass is 32.2. The van der Waals surface area contributed by atoms with Crippen LogP contribution < -0.4 is 5.32 Å². The maximum Gasteiger partial charge on any atom is 0.0158 e. The normalized spacial score (nSPS) is 21.4. The standard InChI is InChI=1S/C15H23NS/c1-15(2,13-7-4-3-5-8-13)12-16-14-9-6-10-17-11-14/h3-5,7-8,14,16H,6,9-12H2,1-2H3. The fourth-order valence-corrected chi connectivity index (χ4v) is 3.40. The minimum absolute atomic E-state index is 0.226. The van der Waals surface area contributed by atoms with Gasteiger partial charge in [0.2, 0.25) is 0 Å². The van der Waals surface area contributed by atoms with Crippen LogP contribution in [0.25, 0.3) is 0 Å². The first-order valence-corrected chi connectivity index (χ1v) is 7.71. The molecule has 1 N–H and O–H groups in total. The summed E-state index contributed by atoms with van der Waals surface area (Å²) in [7, 11) is 0. The van der Waals surface area contributed by atoms with Crippen LogP contribution in [0.1, 0.15) is 32.3 Å². The molecule has 0 amide bonds. The Morgan fingerprint density at radius 2 is 2.06 bits per heavy atom. The molecule has 1 atom stereocenters. The molecule has 2 heteroatoms. The summed E-state index contributed by atoms with van der Waals surface area (Å²) in [5.74, 6) is 2.63. The van der Waals surface area contributed by atoms with Crippen molar-refractivity contribution in [2.75, 3.05) is 18.1 Å². The molecule has 0 spiro atoms. The average molecular weight is 249 g/mol. The maximum atomic E-state index is 3.74. The summed E-state index contributed by atoms with van der Waals surface area (Å²) in [6, 6.07) is 11.5. The van der Waals surface area contributed by atoms with Crippen molar-refractivity contribution in [2.24, 2.45) is 0 Å². The first-order chi connectivity index (χ1) is 8.18. The summed E-state index contributed by atoms with van der Waals surface area (Å²) in [4.78, 5) is 0. The Labute approximate surface area is 109 Å². The molecule has 1 aliphatic rings. The lowest BCUT2D eigenvalue weighted by molar-refractivity contribution is 0.416. The first kappa shape index (κ1) is 13.0. The predicted molar refractivity (Wildman–Crippen MR) is 77.8 cm³/mol. The molecule has 1 aromatic carbocycles. The topological polar surface area (TPSA) is 12.0 Å². The molecule has 0 radical (unpaired) electrons. The van der Waals surface area contributed by atoms with Crippen LogP contribution in [-0.4, -0.2) is 24.1 Å². The highest BCUT2D eigenvalue weighted by molar-refractivity contribution is 7.99. The second-order valence-electron chi connectivity index (χ2n) is 5.54. The van der Waals surface area contributed by atoms with E-state index in [4.69, 9.17) is 0 Å². The van der Waals surface area contributed by atoms with Gasteiger partial charge < -0.3 is 5.32 Å². The monoisotopic (exact) mass is 249 g/mol. The zero-order valence-corrected chi connectivity index (χ0v) is 11.7. The van der Waals surface area contributed by atoms with Crippen molar-refractivity contribution in [3.63, 3.8) is 0 Å². The molecular formula is C15H23NS. The van der Waals surface area contributed by atoms with Gasteiger partial charge in [0.15, 0.2) is 0 Å². The third-order valence-corrected chi connectivity index (χ3v) is 4.76. The van der Waals surface area contributed by atoms with Crippen LogP contribution in [0.2, 0.25) is 0 Å². The minimum atomic E-state index is 0.226. The van der Waals surface area contributed by atoms with E-state index >= 15 is 0 Å². The molecule has 0 saturated carbocycles. The molecule has 1 unspecified atom stereocenters. The van der Waals surface area contributed by atoms with Crippen molar-refractivity contribution >= 4 is 11.8 Å². The molecule has 1 heterocycles. The Bertz CT molecular complexity index is 328. The Morgan fingerprint density at radius 1 is 1.29 bits per heavy atom. The van der Waals surface area contributed by atoms with Gasteiger partial charge in [-0.3, -0.25) is 0 Å². The number of hydrogen-bond acceptors (Lipinski definition) is 2. The molecule has 1 saturated heterocycles. The molecule has 1 aliphatic heterocycles. The predicted octanol–water partition coefficient (Wildman–Crippen LogP) is 3.45. The molecule has 1 fully saturated rings. The van der Waals surface area contributed by atoms with Gasteiger partial charge in [0.05, 0.1) is 0 Å². The van der Waals surface area contributed by atoms with E-state index in [-0.39, 0.29) is 5.41 Å². The second-order valence-corrected chi connectivity index (χ2v) is 6.69. The number of nitrogens with one attached hydrogen (secondary N) is 1. The highest BCUT2D eigenvalue weighted by Crippen LogP contribution is 2.23. The van der Waals surface area contributed by atoms with E-state index in [0.717, 1.165) is 12.6 Å². The number of thioether (sulfide) groups is 1. The summed E-state index contributed by atoms with van der Waals surface area (Å²) >= 11 is 2.09. The summed E-state index contributed by atoms with van der Waals surface area (Å²) in [6.07, 6.45) is 2.71. The number of rotatable bonds is 4. The third kappa shape index (κ3) is 3.75. The fraction of sp³-hybridized carbons (Fsp3) is 0.600. The third-order valence-electron chi connectivity index (χ3n) is 3.55. The van der Waals surface area contributed by atoms with Crippen molar-refractivity contribution in [1.29, 1.82) is 0 Å². The summed E-state index contributed by atoms with van der Waals surface area (Å²) in [5.41, 5.74) is 1.65. The van der Waals surface area contributed by atoms with Gasteiger partial charge in [-0.2, -0.15) is 11.8 Å². The van der Waals surface area contributed by atoms with Crippen molar-refractivity contribution in [1.82, 2.24) is 5.32 Å². The van der Waals surface area contributed by atoms with Crippen molar-refractivity contribution < 1.29 is 0 Å². The molecule has 1 aromatic rings. The van der Waals surface area contributed by atoms with Crippen molar-refractivity contribution in [3.8, 4) is 0 Å². The minimum Gasteiger partial charge on any atom is -0.312 e. The van der Waals surface area contributed by atoms with Crippen LogP contribution in [0.15, 0.2) is 30.3 Å². The van der Waals surface area contributed by atoms with E-state index in [1.165, 1.54) is 29.9 Å². The van der Waals surface area contributed by atoms with Gasteiger partial charge in [0.1, 0.15) is 0 Å². The van der Waals surface area contributed by atoms with Crippen LogP contribution >= 0.6 is 11.8 Å². The Balaban J connectivity index is 1.88. The SMILES string of the molecule is CC(C)(CNC1CCCSC1)c1ccccc1. The van der Waals surface area contributed by atoms with Gasteiger partial charge in [0.25, 0.3) is 0 Å². The van der Waals surface area contributed by atoms with E-state index in [1.54, 1.807) is 0 Å². The Morgan fingerprint density at radius 3 is 2.71 bits per heavy atom. The van der Waals surface area contributed by atoms with Gasteiger partial charge in [-0.25, -0.2) is 0 Å². The Kier molecular flexibility index (Phi) is 4.52. The average Bonchev–Trinajstić information content (AvgIpc) is 2.39. The highest BCUT2D eigenvalue weighted by Gasteiger charge is 2.22. The van der Waals surface area contributed by atoms with Gasteiger partial charge in [0, 0.05) is 23.8 Å². The van der Waals surface area contributed by atoms with Crippen LogP contribution in [-0.2, 0) is 5.41 Å². The molecule has 0 aromatic heterocycles. The quantitative estimate of drug-likeness (QED) is 0.877. The van der Waals surface area contributed by atoms with Crippen LogP contribution in [0.4, 0.5) is 0 Å². The van der Waals surface area contributed by atoms with E-state index < -0.39 is 0 Å². The zero-order chi connectivity index (χ0) is 12.1. The fourth-order valence-electron chi connectivity index (χ4n) is 2.29. The van der Waals surface area contributed by atoms with E-state index in [0.29, 0.717) is 0 Å². The van der Waals surface area contributed by atoms with E-state index in [2.05, 4.69) is 61.3 Å². The maximum absolute atomic E-state index is 3.74. The van der Waals surface area contributed by atoms with Crippen LogP contribution in [0.5, 0.6) is 0 Å². The lowest BCUT2D eigenvalue weighted by Crippen LogP contribution is -2.41. The van der Waals surface area contributed by atoms with Gasteiger partial charge in [-0.05, 0) is 24.2 Å². The molecule has 1 nitrogen and oxygen atoms in total. The van der Waals surface area contributed by atoms with Crippen molar-refractivity contribution in [2.45, 2.75) is 38.1 Å². The van der Waals surface area contributed by atoms with Crippen molar-refractivity contribution in [3.05, 3.63) is 35.9 Å². The first-order valence-electron chi connectivity index (χ1n) is 6.55. The van der Waals surface area contributed by atoms with Crippen LogP contribution in [0, 0.1) is 0 Å². The molecule has 0 aliphatic carbocycles. The van der Waals surface area contributed by atoms with E-state index in [9.17, 15) is 0 Å². The number of benzene rings is 1. The smallest absolute Gasteiger partial charge is 0.0158 e. The molecule has 2 rings (SSSR count). The molecule has 94 valence electrons. The summed E-state index contributed by atoms with van der Waals surface area (Å²) in [6.45, 7) is 5.72. The lowest BCUT2D eigenvalue weighted by atomic mass is 9.84. The Hall–Kier alpha value is -0.470. The largest absolute Gasteiger partial charge is 0.312 e.